The van der Waals surface area contributed by atoms with Crippen LogP contribution in [0, 0.1) is 5.41 Å². The Balaban J connectivity index is 1.77. The first-order valence-electron chi connectivity index (χ1n) is 13.2. The zero-order valence-corrected chi connectivity index (χ0v) is 24.1. The van der Waals surface area contributed by atoms with Gasteiger partial charge in [0.2, 0.25) is 0 Å². The molecule has 0 radical (unpaired) electrons. The standard InChI is InChI=1S/C29H34ClN5O5/c1-6-40-27(37)23-20(17-32-33(23)5)18-11-13-19(14-12-18)26(36)35(25-21(30)9-7-15-31-25)22-10-8-16-34(28(38)39)24(22)29(2,3)4/h7,9,11-15,17,22,24H,6,8,10,16H2,1-5H3,(H,38,39)/t22-,24?/m1/s1. The Hall–Kier alpha value is -3.92. The number of aromatic nitrogens is 3. The summed E-state index contributed by atoms with van der Waals surface area (Å²) in [5.41, 5.74) is 1.48. The lowest BCUT2D eigenvalue weighted by Gasteiger charge is -2.50. The number of pyridine rings is 1. The van der Waals surface area contributed by atoms with Gasteiger partial charge < -0.3 is 14.7 Å². The Bertz CT molecular complexity index is 1400. The third kappa shape index (κ3) is 5.67. The van der Waals surface area contributed by atoms with Crippen molar-refractivity contribution in [3.63, 3.8) is 0 Å². The van der Waals surface area contributed by atoms with Gasteiger partial charge in [-0.25, -0.2) is 14.6 Å². The summed E-state index contributed by atoms with van der Waals surface area (Å²) in [5, 5.41) is 14.5. The predicted octanol–water partition coefficient (Wildman–Crippen LogP) is 5.52. The van der Waals surface area contributed by atoms with Gasteiger partial charge in [0.1, 0.15) is 0 Å². The molecular formula is C29H34ClN5O5. The molecule has 0 bridgehead atoms. The van der Waals surface area contributed by atoms with Crippen molar-refractivity contribution >= 4 is 35.4 Å². The van der Waals surface area contributed by atoms with Crippen molar-refractivity contribution < 1.29 is 24.2 Å². The van der Waals surface area contributed by atoms with Crippen molar-refractivity contribution in [2.75, 3.05) is 18.1 Å². The number of aryl methyl sites for hydroxylation is 1. The molecule has 1 aliphatic rings. The average Bonchev–Trinajstić information content (AvgIpc) is 3.30. The topological polar surface area (TPSA) is 118 Å². The molecule has 40 heavy (non-hydrogen) atoms. The molecule has 1 fully saturated rings. The first-order valence-corrected chi connectivity index (χ1v) is 13.6. The van der Waals surface area contributed by atoms with Crippen molar-refractivity contribution in [1.29, 1.82) is 0 Å². The summed E-state index contributed by atoms with van der Waals surface area (Å²) in [4.78, 5) is 46.4. The summed E-state index contributed by atoms with van der Waals surface area (Å²) in [6, 6.07) is 9.19. The molecule has 212 valence electrons. The molecule has 2 amide bonds. The minimum absolute atomic E-state index is 0.235. The molecule has 11 heteroatoms. The van der Waals surface area contributed by atoms with Crippen LogP contribution in [0.1, 0.15) is 61.4 Å². The number of amides is 2. The highest BCUT2D eigenvalue weighted by atomic mass is 35.5. The van der Waals surface area contributed by atoms with Crippen molar-refractivity contribution in [3.05, 3.63) is 65.1 Å². The summed E-state index contributed by atoms with van der Waals surface area (Å²) in [6.07, 6.45) is 3.30. The summed E-state index contributed by atoms with van der Waals surface area (Å²) in [6.45, 7) is 8.27. The number of anilines is 1. The number of benzene rings is 1. The lowest BCUT2D eigenvalue weighted by molar-refractivity contribution is 0.0431. The largest absolute Gasteiger partial charge is 0.465 e. The highest BCUT2D eigenvalue weighted by molar-refractivity contribution is 6.33. The fraction of sp³-hybridized carbons (Fsp3) is 0.414. The van der Waals surface area contributed by atoms with E-state index in [1.807, 2.05) is 20.8 Å². The van der Waals surface area contributed by atoms with E-state index in [4.69, 9.17) is 16.3 Å². The van der Waals surface area contributed by atoms with Crippen molar-refractivity contribution in [2.45, 2.75) is 52.6 Å². The molecular weight excluding hydrogens is 534 g/mol. The molecule has 4 rings (SSSR count). The maximum absolute atomic E-state index is 14.2. The van der Waals surface area contributed by atoms with Crippen LogP contribution in [-0.4, -0.2) is 68.0 Å². The predicted molar refractivity (Wildman–Crippen MR) is 152 cm³/mol. The van der Waals surface area contributed by atoms with Gasteiger partial charge in [0.25, 0.3) is 5.91 Å². The normalized spacial score (nSPS) is 17.4. The van der Waals surface area contributed by atoms with Crippen LogP contribution >= 0.6 is 11.6 Å². The highest BCUT2D eigenvalue weighted by Gasteiger charge is 2.46. The minimum Gasteiger partial charge on any atom is -0.465 e. The minimum atomic E-state index is -1.03. The van der Waals surface area contributed by atoms with Crippen LogP contribution < -0.4 is 4.90 Å². The van der Waals surface area contributed by atoms with E-state index in [2.05, 4.69) is 10.1 Å². The number of piperidine rings is 1. The molecule has 10 nitrogen and oxygen atoms in total. The van der Waals surface area contributed by atoms with E-state index in [1.165, 1.54) is 9.58 Å². The number of ether oxygens (including phenoxy) is 1. The number of rotatable bonds is 6. The maximum atomic E-state index is 14.2. The van der Waals surface area contributed by atoms with Gasteiger partial charge in [0, 0.05) is 30.9 Å². The number of hydrogen-bond acceptors (Lipinski definition) is 6. The summed E-state index contributed by atoms with van der Waals surface area (Å²) < 4.78 is 6.65. The average molecular weight is 568 g/mol. The number of nitrogens with zero attached hydrogens (tertiary/aromatic N) is 5. The van der Waals surface area contributed by atoms with E-state index < -0.39 is 29.6 Å². The fourth-order valence-electron chi connectivity index (χ4n) is 5.49. The second-order valence-electron chi connectivity index (χ2n) is 10.8. The quantitative estimate of drug-likeness (QED) is 0.390. The lowest BCUT2D eigenvalue weighted by Crippen LogP contribution is -2.63. The zero-order valence-electron chi connectivity index (χ0n) is 23.3. The lowest BCUT2D eigenvalue weighted by atomic mass is 9.77. The number of carbonyl (C=O) groups excluding carboxylic acids is 2. The van der Waals surface area contributed by atoms with Crippen LogP contribution in [0.25, 0.3) is 11.1 Å². The van der Waals surface area contributed by atoms with E-state index in [-0.39, 0.29) is 18.3 Å². The molecule has 0 spiro atoms. The molecule has 1 unspecified atom stereocenters. The van der Waals surface area contributed by atoms with Crippen molar-refractivity contribution in [1.82, 2.24) is 19.7 Å². The Kier molecular flexibility index (Phi) is 8.48. The summed E-state index contributed by atoms with van der Waals surface area (Å²) in [5.74, 6) is -0.556. The molecule has 2 aromatic heterocycles. The third-order valence-electron chi connectivity index (χ3n) is 7.10. The van der Waals surface area contributed by atoms with Crippen LogP contribution in [0.4, 0.5) is 10.6 Å². The van der Waals surface area contributed by atoms with Gasteiger partial charge in [-0.15, -0.1) is 0 Å². The Morgan fingerprint density at radius 2 is 1.88 bits per heavy atom. The Morgan fingerprint density at radius 3 is 2.48 bits per heavy atom. The molecule has 3 aromatic rings. The summed E-state index contributed by atoms with van der Waals surface area (Å²) in [7, 11) is 1.67. The Morgan fingerprint density at radius 1 is 1.18 bits per heavy atom. The third-order valence-corrected chi connectivity index (χ3v) is 7.40. The van der Waals surface area contributed by atoms with E-state index in [1.54, 1.807) is 67.7 Å². The molecule has 0 saturated carbocycles. The van der Waals surface area contributed by atoms with Crippen LogP contribution in [-0.2, 0) is 11.8 Å². The second-order valence-corrected chi connectivity index (χ2v) is 11.2. The number of esters is 1. The highest BCUT2D eigenvalue weighted by Crippen LogP contribution is 2.39. The van der Waals surface area contributed by atoms with Gasteiger partial charge in [0.15, 0.2) is 11.5 Å². The molecule has 2 atom stereocenters. The van der Waals surface area contributed by atoms with Crippen LogP contribution in [0.3, 0.4) is 0 Å². The van der Waals surface area contributed by atoms with Gasteiger partial charge in [0.05, 0.1) is 29.9 Å². The molecule has 1 N–H and O–H groups in total. The maximum Gasteiger partial charge on any atom is 0.407 e. The SMILES string of the molecule is CCOC(=O)c1c(-c2ccc(C(=O)N(c3ncccc3Cl)[C@@H]3CCCN(C(=O)O)C3C(C)(C)C)cc2)cnn1C. The van der Waals surface area contributed by atoms with Gasteiger partial charge in [-0.1, -0.05) is 44.5 Å². The van der Waals surface area contributed by atoms with Crippen LogP contribution in [0.5, 0.6) is 0 Å². The van der Waals surface area contributed by atoms with Gasteiger partial charge >= 0.3 is 12.1 Å². The van der Waals surface area contributed by atoms with Crippen molar-refractivity contribution in [3.8, 4) is 11.1 Å². The number of halogens is 1. The van der Waals surface area contributed by atoms with Gasteiger partial charge in [-0.2, -0.15) is 5.10 Å². The first kappa shape index (κ1) is 29.1. The van der Waals surface area contributed by atoms with E-state index >= 15 is 0 Å². The smallest absolute Gasteiger partial charge is 0.407 e. The molecule has 3 heterocycles. The number of hydrogen-bond donors (Lipinski definition) is 1. The fourth-order valence-corrected chi connectivity index (χ4v) is 5.70. The monoisotopic (exact) mass is 567 g/mol. The molecule has 1 saturated heterocycles. The van der Waals surface area contributed by atoms with E-state index in [0.29, 0.717) is 46.8 Å². The molecule has 1 aromatic carbocycles. The van der Waals surface area contributed by atoms with Crippen molar-refractivity contribution in [2.24, 2.45) is 12.5 Å². The number of carboxylic acid groups (broad SMARTS) is 1. The van der Waals surface area contributed by atoms with Gasteiger partial charge in [-0.3, -0.25) is 14.4 Å². The van der Waals surface area contributed by atoms with Gasteiger partial charge in [-0.05, 0) is 55.0 Å². The molecule has 1 aliphatic heterocycles. The second kappa shape index (κ2) is 11.7. The number of likely N-dealkylation sites (tertiary alicyclic amines) is 1. The Labute approximate surface area is 238 Å². The van der Waals surface area contributed by atoms with Crippen LogP contribution in [0.15, 0.2) is 48.8 Å². The number of carbonyl (C=O) groups is 3. The summed E-state index contributed by atoms with van der Waals surface area (Å²) >= 11 is 6.57. The van der Waals surface area contributed by atoms with E-state index in [9.17, 15) is 19.5 Å². The first-order chi connectivity index (χ1) is 19.0. The van der Waals surface area contributed by atoms with E-state index in [0.717, 1.165) is 0 Å². The van der Waals surface area contributed by atoms with Crippen LogP contribution in [0.2, 0.25) is 5.02 Å². The zero-order chi connectivity index (χ0) is 29.2. The molecule has 0 aliphatic carbocycles.